The summed E-state index contributed by atoms with van der Waals surface area (Å²) in [6.07, 6.45) is 13.4. The molecule has 110 valence electrons. The molecule has 0 bridgehead atoms. The van der Waals surface area contributed by atoms with Gasteiger partial charge in [0, 0.05) is 6.41 Å². The SMILES string of the molecule is CCCC.CCCC1(CC)CCCC1.C[N-]C=O.[K+]. The molecule has 3 heteroatoms. The second kappa shape index (κ2) is 19.1. The quantitative estimate of drug-likeness (QED) is 0.567. The summed E-state index contributed by atoms with van der Waals surface area (Å²) in [5.41, 5.74) is 0.786. The van der Waals surface area contributed by atoms with Crippen molar-refractivity contribution < 1.29 is 56.2 Å². The maximum atomic E-state index is 9.01. The summed E-state index contributed by atoms with van der Waals surface area (Å²) in [5, 5.41) is 3.06. The fourth-order valence-electron chi connectivity index (χ4n) is 2.44. The summed E-state index contributed by atoms with van der Waals surface area (Å²) in [7, 11) is 1.44. The van der Waals surface area contributed by atoms with Crippen LogP contribution in [-0.2, 0) is 4.79 Å². The molecule has 1 aliphatic rings. The van der Waals surface area contributed by atoms with Gasteiger partial charge in [0.15, 0.2) is 0 Å². The molecule has 0 aromatic heterocycles. The fourth-order valence-corrected chi connectivity index (χ4v) is 2.44. The van der Waals surface area contributed by atoms with E-state index < -0.39 is 0 Å². The Morgan fingerprint density at radius 3 is 1.63 bits per heavy atom. The molecule has 0 aromatic carbocycles. The zero-order chi connectivity index (χ0) is 14.3. The van der Waals surface area contributed by atoms with Crippen LogP contribution in [0.25, 0.3) is 5.32 Å². The molecule has 2 nitrogen and oxygen atoms in total. The van der Waals surface area contributed by atoms with Crippen LogP contribution in [0, 0.1) is 5.41 Å². The van der Waals surface area contributed by atoms with Gasteiger partial charge >= 0.3 is 51.4 Å². The Morgan fingerprint density at radius 2 is 1.42 bits per heavy atom. The molecule has 1 saturated carbocycles. The zero-order valence-electron chi connectivity index (χ0n) is 14.3. The minimum absolute atomic E-state index is 0. The van der Waals surface area contributed by atoms with Crippen LogP contribution >= 0.6 is 0 Å². The van der Waals surface area contributed by atoms with Gasteiger partial charge in [0.2, 0.25) is 0 Å². The number of hydrogen-bond acceptors (Lipinski definition) is 1. The molecule has 0 aliphatic heterocycles. The Hall–Kier alpha value is 1.11. The van der Waals surface area contributed by atoms with E-state index in [1.807, 2.05) is 0 Å². The molecule has 1 aliphatic carbocycles. The van der Waals surface area contributed by atoms with Gasteiger partial charge in [-0.05, 0) is 24.7 Å². The van der Waals surface area contributed by atoms with Gasteiger partial charge < -0.3 is 10.1 Å². The molecule has 0 spiro atoms. The first-order valence-electron chi connectivity index (χ1n) is 7.68. The molecule has 0 heterocycles. The summed E-state index contributed by atoms with van der Waals surface area (Å²) < 4.78 is 0. The molecular weight excluding hydrogens is 261 g/mol. The molecule has 19 heavy (non-hydrogen) atoms. The number of hydrogen-bond donors (Lipinski definition) is 0. The van der Waals surface area contributed by atoms with Gasteiger partial charge in [-0.2, -0.15) is 0 Å². The van der Waals surface area contributed by atoms with E-state index in [1.165, 1.54) is 64.8 Å². The third kappa shape index (κ3) is 15.3. The minimum Gasteiger partial charge on any atom is -0.659 e. The van der Waals surface area contributed by atoms with Crippen LogP contribution in [-0.4, -0.2) is 13.5 Å². The molecule has 1 rings (SSSR count). The summed E-state index contributed by atoms with van der Waals surface area (Å²) in [6.45, 7) is 9.04. The van der Waals surface area contributed by atoms with Crippen LogP contribution in [0.3, 0.4) is 0 Å². The van der Waals surface area contributed by atoms with E-state index in [0.29, 0.717) is 6.41 Å². The molecule has 0 saturated heterocycles. The van der Waals surface area contributed by atoms with Crippen molar-refractivity contribution in [1.29, 1.82) is 0 Å². The summed E-state index contributed by atoms with van der Waals surface area (Å²) in [6, 6.07) is 0. The van der Waals surface area contributed by atoms with Crippen molar-refractivity contribution in [3.63, 3.8) is 0 Å². The van der Waals surface area contributed by atoms with Crippen molar-refractivity contribution in [1.82, 2.24) is 0 Å². The minimum atomic E-state index is 0. The Balaban J connectivity index is -0.000000242. The smallest absolute Gasteiger partial charge is 0.659 e. The van der Waals surface area contributed by atoms with E-state index in [1.54, 1.807) is 0 Å². The number of nitrogens with zero attached hydrogens (tertiary/aromatic N) is 1. The first kappa shape index (κ1) is 25.1. The van der Waals surface area contributed by atoms with Crippen LogP contribution in [0.15, 0.2) is 0 Å². The molecule has 0 atom stereocenters. The van der Waals surface area contributed by atoms with Gasteiger partial charge in [-0.1, -0.05) is 66.2 Å². The number of carbonyl (C=O) groups is 1. The van der Waals surface area contributed by atoms with Gasteiger partial charge in [-0.25, -0.2) is 0 Å². The monoisotopic (exact) mass is 295 g/mol. The average molecular weight is 296 g/mol. The van der Waals surface area contributed by atoms with Crippen LogP contribution in [0.5, 0.6) is 0 Å². The standard InChI is InChI=1S/C10H20.C4H10.C2H5NO.K/c1-3-7-10(4-2)8-5-6-9-10;1-3-4-2;1-3-2-4;/h3-9H2,1-2H3;3-4H2,1-2H3;2H,1H3,(H,3,4);/q;;;+1/p-1. The van der Waals surface area contributed by atoms with Crippen LogP contribution < -0.4 is 51.4 Å². The van der Waals surface area contributed by atoms with Crippen molar-refractivity contribution >= 4 is 6.41 Å². The van der Waals surface area contributed by atoms with Gasteiger partial charge in [-0.15, -0.1) is 7.05 Å². The Morgan fingerprint density at radius 1 is 1.00 bits per heavy atom. The molecule has 0 radical (unpaired) electrons. The third-order valence-corrected chi connectivity index (χ3v) is 3.80. The van der Waals surface area contributed by atoms with Gasteiger partial charge in [0.1, 0.15) is 0 Å². The van der Waals surface area contributed by atoms with E-state index in [-0.39, 0.29) is 51.4 Å². The van der Waals surface area contributed by atoms with Crippen molar-refractivity contribution in [3.05, 3.63) is 5.32 Å². The van der Waals surface area contributed by atoms with Crippen LogP contribution in [0.4, 0.5) is 0 Å². The Bertz CT molecular complexity index is 166. The van der Waals surface area contributed by atoms with Crippen molar-refractivity contribution in [2.75, 3.05) is 7.05 Å². The maximum absolute atomic E-state index is 9.01. The molecule has 0 unspecified atom stereocenters. The fraction of sp³-hybridized carbons (Fsp3) is 0.938. The average Bonchev–Trinajstić information content (AvgIpc) is 2.89. The zero-order valence-corrected chi connectivity index (χ0v) is 17.4. The first-order valence-corrected chi connectivity index (χ1v) is 7.68. The number of rotatable bonds is 5. The normalized spacial score (nSPS) is 15.0. The topological polar surface area (TPSA) is 31.2 Å². The van der Waals surface area contributed by atoms with Crippen LogP contribution in [0.2, 0.25) is 0 Å². The molecule has 0 aromatic rings. The predicted molar refractivity (Wildman–Crippen MR) is 82.0 cm³/mol. The van der Waals surface area contributed by atoms with E-state index in [0.717, 1.165) is 5.41 Å². The maximum Gasteiger partial charge on any atom is 1.00 e. The van der Waals surface area contributed by atoms with Crippen molar-refractivity contribution in [2.24, 2.45) is 5.41 Å². The second-order valence-corrected chi connectivity index (χ2v) is 5.17. The molecule has 0 N–H and O–H groups in total. The van der Waals surface area contributed by atoms with Crippen molar-refractivity contribution in [2.45, 2.75) is 85.5 Å². The Kier molecular flexibility index (Phi) is 25.2. The second-order valence-electron chi connectivity index (χ2n) is 5.17. The molecule has 1 fully saturated rings. The van der Waals surface area contributed by atoms with E-state index in [2.05, 4.69) is 33.0 Å². The van der Waals surface area contributed by atoms with Gasteiger partial charge in [0.05, 0.1) is 0 Å². The van der Waals surface area contributed by atoms with Gasteiger partial charge in [-0.3, -0.25) is 0 Å². The number of amides is 1. The third-order valence-electron chi connectivity index (χ3n) is 3.80. The van der Waals surface area contributed by atoms with E-state index in [4.69, 9.17) is 4.79 Å². The van der Waals surface area contributed by atoms with Crippen LogP contribution in [0.1, 0.15) is 85.5 Å². The van der Waals surface area contributed by atoms with E-state index >= 15 is 0 Å². The van der Waals surface area contributed by atoms with Crippen molar-refractivity contribution in [3.8, 4) is 0 Å². The Labute approximate surface area is 164 Å². The predicted octanol–water partition coefficient (Wildman–Crippen LogP) is 2.71. The molecular formula is C16H34KNO. The van der Waals surface area contributed by atoms with Gasteiger partial charge in [0.25, 0.3) is 0 Å². The molecule has 1 amide bonds. The summed E-state index contributed by atoms with van der Waals surface area (Å²) in [5.74, 6) is 0. The first-order chi connectivity index (χ1) is 8.66. The summed E-state index contributed by atoms with van der Waals surface area (Å²) >= 11 is 0. The number of unbranched alkanes of at least 4 members (excludes halogenated alkanes) is 1. The number of carbonyl (C=O) groups excluding carboxylic acids is 1. The largest absolute Gasteiger partial charge is 1.00 e. The summed E-state index contributed by atoms with van der Waals surface area (Å²) in [4.78, 5) is 9.01. The van der Waals surface area contributed by atoms with E-state index in [9.17, 15) is 0 Å².